The quantitative estimate of drug-likeness (QED) is 0.129. The summed E-state index contributed by atoms with van der Waals surface area (Å²) in [5.41, 5.74) is 7.86. The SMILES string of the molecule is Clc1nc(-c2ccc(-c3ccccc3)cc2)nc2ccccc12.Clc1nc(-c2ccc3c(ccc4ccccc43)c2)nc2ccccc12.Clc1nc(-c2cccc3ccccc23)nc2ccccc12. The standard InChI is InChI=1S/C22H13ClN2.C20H13ClN2.C18H11ClN2/c23-21-19-7-3-4-8-20(19)24-22(25-21)16-11-12-18-15(13-16)10-9-14-5-1-2-6-17(14)18;21-19-17-8-4-5-9-18(17)22-20(23-19)16-12-10-15(11-13-16)14-6-2-1-3-7-14;19-17-15-9-3-4-11-16(15)20-18(21-17)14-10-5-7-12-6-1-2-8-13(12)14/h1-13H;1-13H;1-11H. The van der Waals surface area contributed by atoms with Gasteiger partial charge in [0.25, 0.3) is 0 Å². The largest absolute Gasteiger partial charge is 0.228 e. The van der Waals surface area contributed by atoms with Crippen LogP contribution in [0.2, 0.25) is 15.5 Å². The van der Waals surface area contributed by atoms with Crippen molar-refractivity contribution in [1.82, 2.24) is 29.9 Å². The normalized spacial score (nSPS) is 11.1. The monoisotopic (exact) mass is 946 g/mol. The number of benzene rings is 10. The molecule has 3 heterocycles. The molecule has 0 saturated heterocycles. The summed E-state index contributed by atoms with van der Waals surface area (Å²) in [6.45, 7) is 0. The minimum Gasteiger partial charge on any atom is -0.228 e. The van der Waals surface area contributed by atoms with Gasteiger partial charge in [-0.3, -0.25) is 0 Å². The fourth-order valence-corrected chi connectivity index (χ4v) is 9.23. The van der Waals surface area contributed by atoms with Crippen molar-refractivity contribution in [2.24, 2.45) is 0 Å². The molecule has 328 valence electrons. The summed E-state index contributed by atoms with van der Waals surface area (Å²) in [7, 11) is 0. The summed E-state index contributed by atoms with van der Waals surface area (Å²) in [4.78, 5) is 27.4. The molecule has 0 unspecified atom stereocenters. The summed E-state index contributed by atoms with van der Waals surface area (Å²) >= 11 is 19.0. The summed E-state index contributed by atoms with van der Waals surface area (Å²) in [5.74, 6) is 1.96. The average Bonchev–Trinajstić information content (AvgIpc) is 3.41. The van der Waals surface area contributed by atoms with Crippen LogP contribution < -0.4 is 0 Å². The highest BCUT2D eigenvalue weighted by atomic mass is 35.5. The maximum Gasteiger partial charge on any atom is 0.162 e. The third-order valence-electron chi connectivity index (χ3n) is 12.0. The third-order valence-corrected chi connectivity index (χ3v) is 12.8. The predicted molar refractivity (Wildman–Crippen MR) is 288 cm³/mol. The van der Waals surface area contributed by atoms with E-state index in [-0.39, 0.29) is 0 Å². The number of rotatable bonds is 4. The van der Waals surface area contributed by atoms with E-state index in [0.717, 1.165) is 54.8 Å². The molecule has 13 rings (SSSR count). The Morgan fingerprint density at radius 2 is 0.623 bits per heavy atom. The zero-order chi connectivity index (χ0) is 46.7. The van der Waals surface area contributed by atoms with Gasteiger partial charge in [0.2, 0.25) is 0 Å². The lowest BCUT2D eigenvalue weighted by atomic mass is 10.00. The Labute approximate surface area is 412 Å². The fraction of sp³-hybridized carbons (Fsp3) is 0. The topological polar surface area (TPSA) is 77.3 Å². The Hall–Kier alpha value is -8.13. The molecule has 10 aromatic carbocycles. The van der Waals surface area contributed by atoms with Crippen LogP contribution >= 0.6 is 34.8 Å². The molecule has 0 N–H and O–H groups in total. The molecule has 0 aliphatic heterocycles. The molecule has 0 saturated carbocycles. The number of hydrogen-bond donors (Lipinski definition) is 0. The fourth-order valence-electron chi connectivity index (χ4n) is 8.51. The second-order valence-electron chi connectivity index (χ2n) is 16.3. The van der Waals surface area contributed by atoms with Crippen LogP contribution in [-0.2, 0) is 0 Å². The third kappa shape index (κ3) is 9.05. The Balaban J connectivity index is 0.000000114. The molecule has 3 aromatic heterocycles. The molecule has 0 amide bonds. The van der Waals surface area contributed by atoms with E-state index < -0.39 is 0 Å². The molecular formula is C60H37Cl3N6. The van der Waals surface area contributed by atoms with Crippen LogP contribution in [0.1, 0.15) is 0 Å². The van der Waals surface area contributed by atoms with E-state index in [9.17, 15) is 0 Å². The number of fused-ring (bicyclic) bond motifs is 7. The van der Waals surface area contributed by atoms with Crippen molar-refractivity contribution >= 4 is 99.8 Å². The summed E-state index contributed by atoms with van der Waals surface area (Å²) in [6, 6.07) is 75.3. The Morgan fingerprint density at radius 3 is 1.23 bits per heavy atom. The van der Waals surface area contributed by atoms with Gasteiger partial charge in [-0.15, -0.1) is 0 Å². The van der Waals surface area contributed by atoms with Crippen LogP contribution in [0.25, 0.3) is 110 Å². The number of aromatic nitrogens is 6. The lowest BCUT2D eigenvalue weighted by Crippen LogP contribution is -1.92. The number of nitrogens with zero attached hydrogens (tertiary/aromatic N) is 6. The molecule has 0 bridgehead atoms. The van der Waals surface area contributed by atoms with Crippen LogP contribution in [0.4, 0.5) is 0 Å². The molecule has 0 aliphatic carbocycles. The molecule has 0 radical (unpaired) electrons. The van der Waals surface area contributed by atoms with Gasteiger partial charge in [0.15, 0.2) is 17.5 Å². The maximum atomic E-state index is 6.36. The van der Waals surface area contributed by atoms with Gasteiger partial charge in [0.1, 0.15) is 15.5 Å². The minimum atomic E-state index is 0.484. The Morgan fingerprint density at radius 1 is 0.232 bits per heavy atom. The van der Waals surface area contributed by atoms with E-state index in [1.807, 2.05) is 127 Å². The maximum absolute atomic E-state index is 6.36. The first kappa shape index (κ1) is 43.4. The van der Waals surface area contributed by atoms with E-state index in [1.165, 1.54) is 38.1 Å². The summed E-state index contributed by atoms with van der Waals surface area (Å²) in [5, 5.41) is 11.3. The van der Waals surface area contributed by atoms with Gasteiger partial charge in [-0.25, -0.2) is 29.9 Å². The van der Waals surface area contributed by atoms with Gasteiger partial charge in [0.05, 0.1) is 16.6 Å². The second-order valence-corrected chi connectivity index (χ2v) is 17.3. The van der Waals surface area contributed by atoms with Crippen LogP contribution in [0.5, 0.6) is 0 Å². The van der Waals surface area contributed by atoms with E-state index in [1.54, 1.807) is 0 Å². The molecule has 0 aliphatic rings. The van der Waals surface area contributed by atoms with Gasteiger partial charge in [-0.2, -0.15) is 0 Å². The molecule has 6 nitrogen and oxygen atoms in total. The van der Waals surface area contributed by atoms with E-state index in [2.05, 4.69) is 127 Å². The first-order valence-corrected chi connectivity index (χ1v) is 23.4. The molecule has 0 fully saturated rings. The van der Waals surface area contributed by atoms with Crippen molar-refractivity contribution in [2.45, 2.75) is 0 Å². The number of hydrogen-bond acceptors (Lipinski definition) is 6. The number of halogens is 3. The molecule has 9 heteroatoms. The lowest BCUT2D eigenvalue weighted by Gasteiger charge is -2.08. The second kappa shape index (κ2) is 19.2. The predicted octanol–water partition coefficient (Wildman–Crippen LogP) is 17.0. The zero-order valence-electron chi connectivity index (χ0n) is 36.7. The van der Waals surface area contributed by atoms with Gasteiger partial charge < -0.3 is 0 Å². The highest BCUT2D eigenvalue weighted by Gasteiger charge is 2.12. The molecule has 13 aromatic rings. The smallest absolute Gasteiger partial charge is 0.162 e. The van der Waals surface area contributed by atoms with Crippen LogP contribution in [-0.4, -0.2) is 29.9 Å². The highest BCUT2D eigenvalue weighted by Crippen LogP contribution is 2.33. The van der Waals surface area contributed by atoms with E-state index in [0.29, 0.717) is 32.9 Å². The van der Waals surface area contributed by atoms with Crippen LogP contribution in [0.15, 0.2) is 224 Å². The molecule has 0 spiro atoms. The summed E-state index contributed by atoms with van der Waals surface area (Å²) < 4.78 is 0. The number of para-hydroxylation sites is 3. The van der Waals surface area contributed by atoms with Gasteiger partial charge in [0, 0.05) is 32.8 Å². The van der Waals surface area contributed by atoms with Crippen molar-refractivity contribution in [2.75, 3.05) is 0 Å². The molecular weight excluding hydrogens is 911 g/mol. The van der Waals surface area contributed by atoms with E-state index in [4.69, 9.17) is 34.8 Å². The Bertz CT molecular complexity index is 4010. The average molecular weight is 948 g/mol. The highest BCUT2D eigenvalue weighted by molar-refractivity contribution is 6.35. The first-order valence-electron chi connectivity index (χ1n) is 22.3. The van der Waals surface area contributed by atoms with Gasteiger partial charge in [-0.1, -0.05) is 217 Å². The molecule has 0 atom stereocenters. The zero-order valence-corrected chi connectivity index (χ0v) is 38.9. The first-order chi connectivity index (χ1) is 33.9. The van der Waals surface area contributed by atoms with Crippen LogP contribution in [0, 0.1) is 0 Å². The minimum absolute atomic E-state index is 0.484. The van der Waals surface area contributed by atoms with Crippen molar-refractivity contribution in [3.05, 3.63) is 240 Å². The van der Waals surface area contributed by atoms with Gasteiger partial charge in [-0.05, 0) is 85.9 Å². The van der Waals surface area contributed by atoms with Crippen molar-refractivity contribution < 1.29 is 0 Å². The lowest BCUT2D eigenvalue weighted by molar-refractivity contribution is 1.23. The van der Waals surface area contributed by atoms with Gasteiger partial charge >= 0.3 is 0 Å². The summed E-state index contributed by atoms with van der Waals surface area (Å²) in [6.07, 6.45) is 0. The van der Waals surface area contributed by atoms with Crippen molar-refractivity contribution in [1.29, 1.82) is 0 Å². The van der Waals surface area contributed by atoms with E-state index >= 15 is 0 Å². The van der Waals surface area contributed by atoms with Crippen molar-refractivity contribution in [3.8, 4) is 45.3 Å². The van der Waals surface area contributed by atoms with Crippen LogP contribution in [0.3, 0.4) is 0 Å². The molecule has 69 heavy (non-hydrogen) atoms. The van der Waals surface area contributed by atoms with Crippen molar-refractivity contribution in [3.63, 3.8) is 0 Å². The Kier molecular flexibility index (Phi) is 12.1.